The van der Waals surface area contributed by atoms with Crippen molar-refractivity contribution < 1.29 is 31.6 Å². The average Bonchev–Trinajstić information content (AvgIpc) is 3.09. The van der Waals surface area contributed by atoms with E-state index in [4.69, 9.17) is 9.05 Å². The molecular weight excluding hydrogens is 686 g/mol. The minimum atomic E-state index is -4.92. The maximum absolute atomic E-state index is 13.5. The van der Waals surface area contributed by atoms with Crippen molar-refractivity contribution in [1.82, 2.24) is 0 Å². The molecule has 0 fully saturated rings. The van der Waals surface area contributed by atoms with Gasteiger partial charge in [-0.3, -0.25) is 4.55 Å². The zero-order valence-electron chi connectivity index (χ0n) is 32.2. The van der Waals surface area contributed by atoms with E-state index in [0.29, 0.717) is 0 Å². The fourth-order valence-corrected chi connectivity index (χ4v) is 10.9. The van der Waals surface area contributed by atoms with Gasteiger partial charge in [0.05, 0.1) is 27.4 Å². The van der Waals surface area contributed by atoms with Gasteiger partial charge in [0, 0.05) is 24.6 Å². The summed E-state index contributed by atoms with van der Waals surface area (Å²) in [5.74, 6) is -1.61. The largest absolute Gasteiger partial charge is 0.441 e. The highest BCUT2D eigenvalue weighted by Crippen LogP contribution is 2.43. The molecule has 0 aliphatic rings. The van der Waals surface area contributed by atoms with Gasteiger partial charge < -0.3 is 9.05 Å². The predicted molar refractivity (Wildman–Crippen MR) is 214 cm³/mol. The number of carbonyl (C=O) groups is 2. The van der Waals surface area contributed by atoms with E-state index in [1.807, 2.05) is 0 Å². The molecule has 2 atom stereocenters. The molecule has 2 unspecified atom stereocenters. The summed E-state index contributed by atoms with van der Waals surface area (Å²) in [6, 6.07) is 4.11. The van der Waals surface area contributed by atoms with Gasteiger partial charge in [-0.05, 0) is 37.8 Å². The Morgan fingerprint density at radius 2 is 0.780 bits per heavy atom. The number of benzene rings is 1. The number of hydrogen-bond donors (Lipinski definition) is 1. The first kappa shape index (κ1) is 47.0. The summed E-state index contributed by atoms with van der Waals surface area (Å²) in [7, 11) is -7.15. The molecule has 0 bridgehead atoms. The van der Waals surface area contributed by atoms with E-state index in [9.17, 15) is 22.6 Å². The third kappa shape index (κ3) is 22.1. The minimum Gasteiger partial charge on any atom is -0.441 e. The summed E-state index contributed by atoms with van der Waals surface area (Å²) in [6.45, 7) is 8.65. The first-order valence-electron chi connectivity index (χ1n) is 20.2. The normalized spacial score (nSPS) is 12.9. The Hall–Kier alpha value is -1.07. The monoisotopic (exact) mass is 758 g/mol. The number of rotatable bonds is 33. The Morgan fingerprint density at radius 3 is 1.08 bits per heavy atom. The summed E-state index contributed by atoms with van der Waals surface area (Å²) in [5, 5.41) is 0. The zero-order valence-corrected chi connectivity index (χ0v) is 34.8. The Morgan fingerprint density at radius 1 is 0.500 bits per heavy atom. The van der Waals surface area contributed by atoms with Gasteiger partial charge in [0.1, 0.15) is 4.90 Å². The van der Waals surface area contributed by atoms with E-state index in [-0.39, 0.29) is 11.1 Å². The second-order valence-corrected chi connectivity index (χ2v) is 19.3. The molecule has 1 rings (SSSR count). The van der Waals surface area contributed by atoms with Gasteiger partial charge in [-0.15, -0.1) is 0 Å². The zero-order chi connectivity index (χ0) is 36.9. The van der Waals surface area contributed by atoms with E-state index in [1.165, 1.54) is 108 Å². The lowest BCUT2D eigenvalue weighted by Gasteiger charge is -2.20. The summed E-state index contributed by atoms with van der Waals surface area (Å²) >= 11 is 0. The van der Waals surface area contributed by atoms with E-state index in [1.54, 1.807) is 0 Å². The van der Waals surface area contributed by atoms with E-state index < -0.39 is 43.2 Å². The number of carbonyl (C=O) groups excluding carboxylic acids is 2. The predicted octanol–water partition coefficient (Wildman–Crippen LogP) is 13.5. The van der Waals surface area contributed by atoms with Crippen molar-refractivity contribution in [3.05, 3.63) is 29.3 Å². The Bertz CT molecular complexity index is 1060. The van der Waals surface area contributed by atoms with E-state index >= 15 is 0 Å². The highest BCUT2D eigenvalue weighted by Gasteiger charge is 2.31. The van der Waals surface area contributed by atoms with Crippen molar-refractivity contribution in [2.75, 3.05) is 24.6 Å². The molecular formula is C40H72O7P2S. The average molecular weight is 759 g/mol. The van der Waals surface area contributed by atoms with Crippen LogP contribution < -0.4 is 0 Å². The lowest BCUT2D eigenvalue weighted by Crippen LogP contribution is -2.17. The van der Waals surface area contributed by atoms with Crippen LogP contribution in [0.3, 0.4) is 0 Å². The molecule has 7 nitrogen and oxygen atoms in total. The first-order chi connectivity index (χ1) is 24.2. The maximum atomic E-state index is 13.5. The van der Waals surface area contributed by atoms with E-state index in [2.05, 4.69) is 27.7 Å². The molecule has 1 aromatic rings. The van der Waals surface area contributed by atoms with Gasteiger partial charge in [-0.25, -0.2) is 9.59 Å². The van der Waals surface area contributed by atoms with Crippen LogP contribution in [0.5, 0.6) is 0 Å². The van der Waals surface area contributed by atoms with Crippen molar-refractivity contribution in [3.63, 3.8) is 0 Å². The Labute approximate surface area is 309 Å². The first-order valence-corrected chi connectivity index (χ1v) is 24.9. The molecule has 0 radical (unpaired) electrons. The molecule has 10 heteroatoms. The summed E-state index contributed by atoms with van der Waals surface area (Å²) in [5.41, 5.74) is -0.608. The van der Waals surface area contributed by atoms with Crippen LogP contribution in [0.2, 0.25) is 0 Å². The lowest BCUT2D eigenvalue weighted by molar-refractivity contribution is 0.0746. The van der Waals surface area contributed by atoms with Gasteiger partial charge in [0.2, 0.25) is 0 Å². The molecule has 0 amide bonds. The lowest BCUT2D eigenvalue weighted by atomic mass is 10.1. The standard InChI is InChI=1S/C40H72O7P2S/c1-5-9-13-15-17-19-21-23-25-27-34-48(32-11-7-3)46-39(41)36-30-29-31-37(38(36)50(43,44)45)40(42)47-49(33-12-8-4)35-28-26-24-22-20-18-16-14-10-6-2/h29-31H,5-28,32-35H2,1-4H3,(H,43,44,45). The minimum absolute atomic E-state index is 0.304. The molecule has 0 aliphatic heterocycles. The van der Waals surface area contributed by atoms with Crippen LogP contribution in [0, 0.1) is 0 Å². The molecule has 0 saturated heterocycles. The van der Waals surface area contributed by atoms with Crippen molar-refractivity contribution in [2.45, 2.75) is 187 Å². The van der Waals surface area contributed by atoms with Gasteiger partial charge >= 0.3 is 11.9 Å². The van der Waals surface area contributed by atoms with Crippen LogP contribution in [0.1, 0.15) is 203 Å². The third-order valence-corrected chi connectivity index (χ3v) is 14.2. The van der Waals surface area contributed by atoms with Crippen LogP contribution >= 0.6 is 16.3 Å². The van der Waals surface area contributed by atoms with Gasteiger partial charge in [0.15, 0.2) is 0 Å². The molecule has 0 spiro atoms. The Balaban J connectivity index is 2.84. The third-order valence-electron chi connectivity index (χ3n) is 9.18. The van der Waals surface area contributed by atoms with Gasteiger partial charge in [-0.2, -0.15) is 8.42 Å². The highest BCUT2D eigenvalue weighted by molar-refractivity contribution is 7.86. The van der Waals surface area contributed by atoms with Crippen LogP contribution in [-0.4, -0.2) is 49.6 Å². The molecule has 0 saturated carbocycles. The molecule has 50 heavy (non-hydrogen) atoms. The second kappa shape index (κ2) is 30.4. The second-order valence-electron chi connectivity index (χ2n) is 13.8. The summed E-state index contributed by atoms with van der Waals surface area (Å²) < 4.78 is 47.6. The van der Waals surface area contributed by atoms with Gasteiger partial charge in [0.25, 0.3) is 10.1 Å². The van der Waals surface area contributed by atoms with Crippen LogP contribution in [-0.2, 0) is 19.2 Å². The molecule has 1 N–H and O–H groups in total. The highest BCUT2D eigenvalue weighted by atomic mass is 32.2. The molecule has 0 aromatic heterocycles. The molecule has 1 aromatic carbocycles. The van der Waals surface area contributed by atoms with Crippen molar-refractivity contribution in [3.8, 4) is 0 Å². The summed E-state index contributed by atoms with van der Waals surface area (Å²) in [6.07, 6.45) is 31.2. The number of hydrogen-bond acceptors (Lipinski definition) is 6. The summed E-state index contributed by atoms with van der Waals surface area (Å²) in [4.78, 5) is 26.3. The topological polar surface area (TPSA) is 107 Å². The fraction of sp³-hybridized carbons (Fsp3) is 0.800. The van der Waals surface area contributed by atoms with E-state index in [0.717, 1.165) is 88.9 Å². The van der Waals surface area contributed by atoms with Gasteiger partial charge in [-0.1, -0.05) is 162 Å². The molecule has 0 aliphatic carbocycles. The SMILES string of the molecule is CCCCCCCCCCCCP(CCCC)OC(=O)c1cccc(C(=O)OP(CCCC)CCCCCCCCCCCC)c1S(=O)(=O)O. The van der Waals surface area contributed by atoms with Crippen molar-refractivity contribution in [2.24, 2.45) is 0 Å². The Kier molecular flexibility index (Phi) is 28.5. The van der Waals surface area contributed by atoms with Crippen LogP contribution in [0.4, 0.5) is 0 Å². The number of unbranched alkanes of at least 4 members (excludes halogenated alkanes) is 20. The molecule has 290 valence electrons. The molecule has 0 heterocycles. The van der Waals surface area contributed by atoms with Crippen LogP contribution in [0.25, 0.3) is 0 Å². The quantitative estimate of drug-likeness (QED) is 0.0432. The smallest absolute Gasteiger partial charge is 0.342 e. The van der Waals surface area contributed by atoms with Crippen molar-refractivity contribution in [1.29, 1.82) is 0 Å². The fourth-order valence-electron chi connectivity index (χ4n) is 6.10. The maximum Gasteiger partial charge on any atom is 0.342 e. The van der Waals surface area contributed by atoms with Crippen molar-refractivity contribution >= 4 is 38.4 Å². The van der Waals surface area contributed by atoms with Crippen LogP contribution in [0.15, 0.2) is 23.1 Å².